The van der Waals surface area contributed by atoms with Crippen molar-refractivity contribution in [3.63, 3.8) is 0 Å². The number of halogens is 1. The van der Waals surface area contributed by atoms with Gasteiger partial charge in [0, 0.05) is 12.6 Å². The first-order chi connectivity index (χ1) is 16.7. The number of nitrogens with zero attached hydrogens (tertiary/aromatic N) is 1. The van der Waals surface area contributed by atoms with Crippen LogP contribution in [0.1, 0.15) is 48.6 Å². The van der Waals surface area contributed by atoms with E-state index in [2.05, 4.69) is 37.8 Å². The molecule has 0 saturated heterocycles. The van der Waals surface area contributed by atoms with Gasteiger partial charge < -0.3 is 14.7 Å². The molecular weight excluding hydrogens is 441 g/mol. The minimum absolute atomic E-state index is 0.215. The quantitative estimate of drug-likeness (QED) is 0.400. The molecule has 0 aromatic heterocycles. The molecule has 5 heteroatoms. The minimum atomic E-state index is -0.987. The molecule has 0 radical (unpaired) electrons. The molecule has 1 N–H and O–H groups in total. The van der Waals surface area contributed by atoms with Crippen molar-refractivity contribution >= 4 is 17.7 Å². The Morgan fingerprint density at radius 2 is 1.89 bits per heavy atom. The fourth-order valence-electron chi connectivity index (χ4n) is 5.11. The van der Waals surface area contributed by atoms with Crippen LogP contribution >= 0.6 is 0 Å². The molecule has 1 aliphatic heterocycles. The summed E-state index contributed by atoms with van der Waals surface area (Å²) in [5, 5.41) is 8.94. The maximum atomic E-state index is 15.6. The van der Waals surface area contributed by atoms with Crippen molar-refractivity contribution in [3.8, 4) is 5.75 Å². The van der Waals surface area contributed by atoms with E-state index in [9.17, 15) is 4.79 Å². The lowest BCUT2D eigenvalue weighted by Crippen LogP contribution is -2.50. The van der Waals surface area contributed by atoms with Crippen LogP contribution in [0.15, 0.2) is 66.7 Å². The standard InChI is InChI=1S/C30H32FNO3/c1-20(2)17-22-7-13-28(27(31)18-22)32-16-15-23-19-25(35-4)11-12-26(23)30(32,3)24-9-5-21(6-10-24)8-14-29(33)34/h5-14,18-20H,15-17H2,1-4H3,(H,33,34)/b14-8+. The molecule has 0 aliphatic carbocycles. The summed E-state index contributed by atoms with van der Waals surface area (Å²) in [5.41, 5.74) is 5.02. The molecule has 0 spiro atoms. The second kappa shape index (κ2) is 9.95. The maximum absolute atomic E-state index is 15.6. The Morgan fingerprint density at radius 1 is 1.14 bits per heavy atom. The number of methoxy groups -OCH3 is 1. The van der Waals surface area contributed by atoms with Crippen LogP contribution in [0.4, 0.5) is 10.1 Å². The fraction of sp³-hybridized carbons (Fsp3) is 0.300. The van der Waals surface area contributed by atoms with Gasteiger partial charge in [0.2, 0.25) is 0 Å². The van der Waals surface area contributed by atoms with Gasteiger partial charge in [-0.1, -0.05) is 50.2 Å². The van der Waals surface area contributed by atoms with Crippen molar-refractivity contribution in [3.05, 3.63) is 100 Å². The van der Waals surface area contributed by atoms with Gasteiger partial charge in [0.05, 0.1) is 18.3 Å². The lowest BCUT2D eigenvalue weighted by Gasteiger charge is -2.48. The molecule has 4 nitrogen and oxygen atoms in total. The minimum Gasteiger partial charge on any atom is -0.497 e. The number of rotatable bonds is 7. The van der Waals surface area contributed by atoms with E-state index in [0.29, 0.717) is 18.2 Å². The van der Waals surface area contributed by atoms with E-state index >= 15 is 4.39 Å². The molecule has 1 heterocycles. The lowest BCUT2D eigenvalue weighted by atomic mass is 9.76. The van der Waals surface area contributed by atoms with Crippen molar-refractivity contribution in [2.75, 3.05) is 18.6 Å². The van der Waals surface area contributed by atoms with Gasteiger partial charge in [-0.15, -0.1) is 0 Å². The molecule has 0 bridgehead atoms. The van der Waals surface area contributed by atoms with Gasteiger partial charge in [0.25, 0.3) is 0 Å². The van der Waals surface area contributed by atoms with Crippen molar-refractivity contribution in [2.45, 2.75) is 39.2 Å². The highest BCUT2D eigenvalue weighted by Gasteiger charge is 2.41. The number of hydrogen-bond acceptors (Lipinski definition) is 3. The third-order valence-electron chi connectivity index (χ3n) is 6.82. The van der Waals surface area contributed by atoms with E-state index in [1.807, 2.05) is 42.5 Å². The summed E-state index contributed by atoms with van der Waals surface area (Å²) < 4.78 is 21.0. The monoisotopic (exact) mass is 473 g/mol. The van der Waals surface area contributed by atoms with Crippen molar-refractivity contribution < 1.29 is 19.0 Å². The second-order valence-electron chi connectivity index (χ2n) is 9.67. The van der Waals surface area contributed by atoms with Crippen LogP contribution in [0.2, 0.25) is 0 Å². The van der Waals surface area contributed by atoms with E-state index in [1.54, 1.807) is 19.3 Å². The number of anilines is 1. The Kier molecular flexibility index (Phi) is 6.97. The Morgan fingerprint density at radius 3 is 2.51 bits per heavy atom. The van der Waals surface area contributed by atoms with E-state index in [1.165, 1.54) is 5.56 Å². The summed E-state index contributed by atoms with van der Waals surface area (Å²) >= 11 is 0. The number of ether oxygens (including phenoxy) is 1. The van der Waals surface area contributed by atoms with E-state index in [-0.39, 0.29) is 5.82 Å². The number of aliphatic carboxylic acids is 1. The molecule has 3 aromatic carbocycles. The fourth-order valence-corrected chi connectivity index (χ4v) is 5.11. The SMILES string of the molecule is COc1ccc2c(c1)CCN(c1ccc(CC(C)C)cc1F)C2(C)c1ccc(/C=C/C(=O)O)cc1. The first-order valence-electron chi connectivity index (χ1n) is 12.0. The second-order valence-corrected chi connectivity index (χ2v) is 9.67. The zero-order chi connectivity index (χ0) is 25.2. The number of fused-ring (bicyclic) bond motifs is 1. The summed E-state index contributed by atoms with van der Waals surface area (Å²) in [6.07, 6.45) is 4.30. The summed E-state index contributed by atoms with van der Waals surface area (Å²) in [5.74, 6) is 0.0556. The number of carbonyl (C=O) groups is 1. The predicted molar refractivity (Wildman–Crippen MR) is 139 cm³/mol. The predicted octanol–water partition coefficient (Wildman–Crippen LogP) is 6.46. The van der Waals surface area contributed by atoms with Gasteiger partial charge >= 0.3 is 5.97 Å². The van der Waals surface area contributed by atoms with Crippen LogP contribution in [-0.4, -0.2) is 24.7 Å². The molecule has 182 valence electrons. The number of carboxylic acid groups (broad SMARTS) is 1. The van der Waals surface area contributed by atoms with Crippen LogP contribution in [-0.2, 0) is 23.2 Å². The first kappa shape index (κ1) is 24.5. The van der Waals surface area contributed by atoms with Crippen LogP contribution in [0.25, 0.3) is 6.08 Å². The van der Waals surface area contributed by atoms with Crippen LogP contribution in [0.5, 0.6) is 5.75 Å². The van der Waals surface area contributed by atoms with Gasteiger partial charge in [-0.2, -0.15) is 0 Å². The molecule has 3 aromatic rings. The third-order valence-corrected chi connectivity index (χ3v) is 6.82. The summed E-state index contributed by atoms with van der Waals surface area (Å²) in [6.45, 7) is 7.04. The van der Waals surface area contributed by atoms with Crippen LogP contribution in [0, 0.1) is 11.7 Å². The lowest BCUT2D eigenvalue weighted by molar-refractivity contribution is -0.131. The summed E-state index contributed by atoms with van der Waals surface area (Å²) in [4.78, 5) is 13.1. The zero-order valence-electron chi connectivity index (χ0n) is 20.7. The Balaban J connectivity index is 1.83. The largest absolute Gasteiger partial charge is 0.497 e. The number of benzene rings is 3. The summed E-state index contributed by atoms with van der Waals surface area (Å²) in [7, 11) is 1.66. The van der Waals surface area contributed by atoms with Gasteiger partial charge in [-0.3, -0.25) is 0 Å². The van der Waals surface area contributed by atoms with Gasteiger partial charge in [-0.25, -0.2) is 9.18 Å². The first-order valence-corrected chi connectivity index (χ1v) is 12.0. The Labute approximate surface area is 206 Å². The Bertz CT molecular complexity index is 1250. The number of carboxylic acids is 1. The average Bonchev–Trinajstić information content (AvgIpc) is 2.83. The normalized spacial score (nSPS) is 17.6. The Hall–Kier alpha value is -3.60. The summed E-state index contributed by atoms with van der Waals surface area (Å²) in [6, 6.07) is 19.5. The van der Waals surface area contributed by atoms with Crippen LogP contribution in [0.3, 0.4) is 0 Å². The molecule has 1 unspecified atom stereocenters. The topological polar surface area (TPSA) is 49.8 Å². The highest BCUT2D eigenvalue weighted by atomic mass is 19.1. The van der Waals surface area contributed by atoms with Gasteiger partial charge in [0.15, 0.2) is 0 Å². The molecule has 0 saturated carbocycles. The van der Waals surface area contributed by atoms with Crippen LogP contribution < -0.4 is 9.64 Å². The molecule has 1 atom stereocenters. The van der Waals surface area contributed by atoms with E-state index < -0.39 is 11.5 Å². The molecule has 35 heavy (non-hydrogen) atoms. The zero-order valence-corrected chi connectivity index (χ0v) is 20.7. The molecule has 1 aliphatic rings. The van der Waals surface area contributed by atoms with Gasteiger partial charge in [-0.05, 0) is 83.8 Å². The number of hydrogen-bond donors (Lipinski definition) is 1. The molecule has 0 fully saturated rings. The smallest absolute Gasteiger partial charge is 0.328 e. The van der Waals surface area contributed by atoms with Gasteiger partial charge in [0.1, 0.15) is 11.6 Å². The highest BCUT2D eigenvalue weighted by Crippen LogP contribution is 2.45. The third kappa shape index (κ3) is 4.95. The van der Waals surface area contributed by atoms with Crippen molar-refractivity contribution in [1.82, 2.24) is 0 Å². The van der Waals surface area contributed by atoms with E-state index in [0.717, 1.165) is 46.9 Å². The van der Waals surface area contributed by atoms with E-state index in [4.69, 9.17) is 9.84 Å². The highest BCUT2D eigenvalue weighted by molar-refractivity contribution is 5.85. The average molecular weight is 474 g/mol. The molecule has 4 rings (SSSR count). The molecule has 0 amide bonds. The van der Waals surface area contributed by atoms with Crippen molar-refractivity contribution in [1.29, 1.82) is 0 Å². The van der Waals surface area contributed by atoms with Crippen molar-refractivity contribution in [2.24, 2.45) is 5.92 Å². The maximum Gasteiger partial charge on any atom is 0.328 e. The molecular formula is C30H32FNO3.